The van der Waals surface area contributed by atoms with Crippen LogP contribution in [0.4, 0.5) is 14.5 Å². The molecule has 1 aliphatic carbocycles. The molecule has 0 fully saturated rings. The summed E-state index contributed by atoms with van der Waals surface area (Å²) in [6.07, 6.45) is 0.143. The van der Waals surface area contributed by atoms with Crippen LogP contribution in [0.25, 0.3) is 0 Å². The number of nitrogens with zero attached hydrogens (tertiary/aromatic N) is 1. The SMILES string of the molecule is CCOC(=O)C1=C(N)N(c2ccc(F)cc2)C2=C(C(=O)[C@H](C(=O)OCC)[C@H](c3cccs3)C2)[C@H]1c1ccccc1F. The normalized spacial score (nSPS) is 20.6. The summed E-state index contributed by atoms with van der Waals surface area (Å²) in [5, 5.41) is 1.85. The molecule has 41 heavy (non-hydrogen) atoms. The van der Waals surface area contributed by atoms with Gasteiger partial charge in [-0.1, -0.05) is 24.3 Å². The van der Waals surface area contributed by atoms with Crippen molar-refractivity contribution in [3.63, 3.8) is 0 Å². The Hall–Kier alpha value is -4.31. The predicted octanol–water partition coefficient (Wildman–Crippen LogP) is 5.55. The lowest BCUT2D eigenvalue weighted by Gasteiger charge is -2.43. The van der Waals surface area contributed by atoms with E-state index in [0.717, 1.165) is 4.88 Å². The molecule has 212 valence electrons. The van der Waals surface area contributed by atoms with Crippen molar-refractivity contribution in [2.75, 3.05) is 18.1 Å². The predicted molar refractivity (Wildman–Crippen MR) is 150 cm³/mol. The third-order valence-electron chi connectivity index (χ3n) is 7.28. The van der Waals surface area contributed by atoms with Gasteiger partial charge in [0.1, 0.15) is 23.4 Å². The summed E-state index contributed by atoms with van der Waals surface area (Å²) in [6.45, 7) is 3.33. The number of rotatable bonds is 7. The quantitative estimate of drug-likeness (QED) is 0.290. The van der Waals surface area contributed by atoms with Crippen LogP contribution in [0, 0.1) is 17.6 Å². The molecule has 0 spiro atoms. The van der Waals surface area contributed by atoms with Gasteiger partial charge >= 0.3 is 11.9 Å². The molecule has 2 aliphatic rings. The van der Waals surface area contributed by atoms with Crippen LogP contribution in [-0.4, -0.2) is 30.9 Å². The van der Waals surface area contributed by atoms with Crippen LogP contribution in [0.2, 0.25) is 0 Å². The first-order valence-electron chi connectivity index (χ1n) is 13.2. The number of hydrogen-bond donors (Lipinski definition) is 1. The van der Waals surface area contributed by atoms with E-state index in [1.807, 2.05) is 17.5 Å². The van der Waals surface area contributed by atoms with Gasteiger partial charge in [-0.05, 0) is 62.0 Å². The number of anilines is 1. The van der Waals surface area contributed by atoms with Crippen molar-refractivity contribution in [1.29, 1.82) is 0 Å². The lowest BCUT2D eigenvalue weighted by molar-refractivity contribution is -0.152. The van der Waals surface area contributed by atoms with Crippen molar-refractivity contribution in [2.45, 2.75) is 32.1 Å². The van der Waals surface area contributed by atoms with Gasteiger partial charge in [-0.2, -0.15) is 0 Å². The smallest absolute Gasteiger partial charge is 0.338 e. The van der Waals surface area contributed by atoms with Crippen LogP contribution in [0.5, 0.6) is 0 Å². The van der Waals surface area contributed by atoms with Crippen LogP contribution in [0.3, 0.4) is 0 Å². The molecule has 1 aliphatic heterocycles. The first-order valence-corrected chi connectivity index (χ1v) is 14.1. The zero-order valence-corrected chi connectivity index (χ0v) is 23.3. The summed E-state index contributed by atoms with van der Waals surface area (Å²) >= 11 is 1.39. The zero-order valence-electron chi connectivity index (χ0n) is 22.4. The zero-order chi connectivity index (χ0) is 29.3. The summed E-state index contributed by atoms with van der Waals surface area (Å²) in [7, 11) is 0. The number of carbonyl (C=O) groups is 3. The highest BCUT2D eigenvalue weighted by molar-refractivity contribution is 7.10. The first-order chi connectivity index (χ1) is 19.8. The summed E-state index contributed by atoms with van der Waals surface area (Å²) in [4.78, 5) is 43.7. The molecule has 0 radical (unpaired) electrons. The van der Waals surface area contributed by atoms with Gasteiger partial charge in [0, 0.05) is 33.3 Å². The largest absolute Gasteiger partial charge is 0.465 e. The van der Waals surface area contributed by atoms with Crippen LogP contribution in [-0.2, 0) is 23.9 Å². The van der Waals surface area contributed by atoms with E-state index in [1.54, 1.807) is 19.9 Å². The van der Waals surface area contributed by atoms with Gasteiger partial charge < -0.3 is 15.2 Å². The Labute approximate surface area is 239 Å². The highest BCUT2D eigenvalue weighted by atomic mass is 32.1. The molecule has 2 aromatic carbocycles. The molecule has 0 unspecified atom stereocenters. The van der Waals surface area contributed by atoms with Gasteiger partial charge in [-0.25, -0.2) is 13.6 Å². The fourth-order valence-electron chi connectivity index (χ4n) is 5.61. The molecule has 0 saturated heterocycles. The number of Topliss-reactive ketones (excluding diaryl/α,β-unsaturated/α-hetero) is 1. The van der Waals surface area contributed by atoms with E-state index in [2.05, 4.69) is 0 Å². The molecule has 2 N–H and O–H groups in total. The molecule has 0 amide bonds. The van der Waals surface area contributed by atoms with Crippen molar-refractivity contribution >= 4 is 34.7 Å². The second-order valence-corrected chi connectivity index (χ2v) is 10.5. The standard InChI is InChI=1S/C31H28F2N2O5S/c1-3-39-30(37)25-20(23-10-7-15-41-23)16-22-26(28(25)36)24(19-8-5-6-9-21(19)33)27(31(38)40-4-2)29(34)35(22)18-13-11-17(32)12-14-18/h5-15,20,24-25H,3-4,16,34H2,1-2H3/t20-,24+,25+/m0/s1. The summed E-state index contributed by atoms with van der Waals surface area (Å²) in [5.41, 5.74) is 7.42. The van der Waals surface area contributed by atoms with Crippen LogP contribution in [0.1, 0.15) is 42.5 Å². The van der Waals surface area contributed by atoms with Gasteiger partial charge in [0.2, 0.25) is 0 Å². The Kier molecular flexibility index (Phi) is 8.03. The summed E-state index contributed by atoms with van der Waals surface area (Å²) < 4.78 is 40.1. The fraction of sp³-hybridized carbons (Fsp3) is 0.258. The van der Waals surface area contributed by atoms with Crippen molar-refractivity contribution in [3.8, 4) is 0 Å². The summed E-state index contributed by atoms with van der Waals surface area (Å²) in [6, 6.07) is 14.9. The topological polar surface area (TPSA) is 98.9 Å². The lowest BCUT2D eigenvalue weighted by Crippen LogP contribution is -2.46. The van der Waals surface area contributed by atoms with Gasteiger partial charge in [0.15, 0.2) is 5.78 Å². The Bertz CT molecular complexity index is 1550. The van der Waals surface area contributed by atoms with E-state index in [0.29, 0.717) is 11.4 Å². The number of hydrogen-bond acceptors (Lipinski definition) is 8. The summed E-state index contributed by atoms with van der Waals surface area (Å²) in [5.74, 6) is -6.46. The van der Waals surface area contributed by atoms with Crippen molar-refractivity contribution < 1.29 is 32.6 Å². The minimum absolute atomic E-state index is 0.00189. The third-order valence-corrected chi connectivity index (χ3v) is 8.29. The molecule has 10 heteroatoms. The number of thiophene rings is 1. The van der Waals surface area contributed by atoms with Gasteiger partial charge in [0.25, 0.3) is 0 Å². The van der Waals surface area contributed by atoms with Gasteiger partial charge in [0.05, 0.1) is 24.7 Å². The molecule has 3 aromatic rings. The maximum absolute atomic E-state index is 15.5. The minimum atomic E-state index is -1.25. The van der Waals surface area contributed by atoms with E-state index < -0.39 is 47.1 Å². The molecule has 5 rings (SSSR count). The number of benzene rings is 2. The monoisotopic (exact) mass is 578 g/mol. The van der Waals surface area contributed by atoms with Crippen LogP contribution >= 0.6 is 11.3 Å². The van der Waals surface area contributed by atoms with E-state index >= 15 is 4.39 Å². The molecule has 2 heterocycles. The van der Waals surface area contributed by atoms with Gasteiger partial charge in [-0.3, -0.25) is 14.5 Å². The van der Waals surface area contributed by atoms with Crippen molar-refractivity contribution in [2.24, 2.45) is 11.7 Å². The molecule has 7 nitrogen and oxygen atoms in total. The van der Waals surface area contributed by atoms with Gasteiger partial charge in [-0.15, -0.1) is 11.3 Å². The van der Waals surface area contributed by atoms with Crippen LogP contribution < -0.4 is 10.6 Å². The minimum Gasteiger partial charge on any atom is -0.465 e. The molecule has 3 atom stereocenters. The third kappa shape index (κ3) is 5.04. The number of carbonyl (C=O) groups excluding carboxylic acids is 3. The molecular formula is C31H28F2N2O5S. The highest BCUT2D eigenvalue weighted by Crippen LogP contribution is 2.52. The molecule has 0 saturated carbocycles. The highest BCUT2D eigenvalue weighted by Gasteiger charge is 2.52. The number of esters is 2. The maximum atomic E-state index is 15.5. The Morgan fingerprint density at radius 1 is 1.00 bits per heavy atom. The molecular weight excluding hydrogens is 550 g/mol. The van der Waals surface area contributed by atoms with E-state index in [-0.39, 0.29) is 42.2 Å². The average molecular weight is 579 g/mol. The molecule has 0 bridgehead atoms. The molecule has 1 aromatic heterocycles. The number of allylic oxidation sites excluding steroid dienone is 2. The van der Waals surface area contributed by atoms with E-state index in [1.165, 1.54) is 58.7 Å². The van der Waals surface area contributed by atoms with E-state index in [9.17, 15) is 18.8 Å². The Morgan fingerprint density at radius 3 is 2.34 bits per heavy atom. The number of halogens is 2. The Balaban J connectivity index is 1.83. The number of nitrogens with two attached hydrogens (primary N) is 1. The maximum Gasteiger partial charge on any atom is 0.338 e. The van der Waals surface area contributed by atoms with E-state index in [4.69, 9.17) is 15.2 Å². The fourth-order valence-corrected chi connectivity index (χ4v) is 6.48. The van der Waals surface area contributed by atoms with Crippen molar-refractivity contribution in [3.05, 3.63) is 111 Å². The number of ketones is 1. The second kappa shape index (κ2) is 11.7. The average Bonchev–Trinajstić information content (AvgIpc) is 3.49. The number of ether oxygens (including phenoxy) is 2. The van der Waals surface area contributed by atoms with Crippen molar-refractivity contribution in [1.82, 2.24) is 0 Å². The first kappa shape index (κ1) is 28.2. The lowest BCUT2D eigenvalue weighted by atomic mass is 9.68. The second-order valence-electron chi connectivity index (χ2n) is 9.57. The van der Waals surface area contributed by atoms with Crippen LogP contribution in [0.15, 0.2) is 88.7 Å². The Morgan fingerprint density at radius 2 is 1.71 bits per heavy atom.